The Hall–Kier alpha value is -1.81. The number of sulfone groups is 1. The van der Waals surface area contributed by atoms with Crippen LogP contribution in [0.15, 0.2) is 71.4 Å². The molecule has 0 amide bonds. The van der Waals surface area contributed by atoms with Crippen LogP contribution in [0.4, 0.5) is 0 Å². The van der Waals surface area contributed by atoms with Crippen molar-refractivity contribution in [2.24, 2.45) is 11.3 Å². The van der Waals surface area contributed by atoms with E-state index < -0.39 is 20.5 Å². The molecule has 1 aromatic rings. The highest BCUT2D eigenvalue weighted by molar-refractivity contribution is 7.92. The van der Waals surface area contributed by atoms with E-state index in [0.717, 1.165) is 12.8 Å². The minimum atomic E-state index is -3.48. The van der Waals surface area contributed by atoms with Gasteiger partial charge in [-0.05, 0) is 31.4 Å². The summed E-state index contributed by atoms with van der Waals surface area (Å²) in [5.74, 6) is -0.434. The summed E-state index contributed by atoms with van der Waals surface area (Å²) in [4.78, 5) is 0.340. The van der Waals surface area contributed by atoms with Crippen LogP contribution in [0, 0.1) is 11.3 Å². The maximum atomic E-state index is 13.2. The maximum Gasteiger partial charge on any atom is 0.181 e. The fourth-order valence-corrected chi connectivity index (χ4v) is 5.67. The SMILES string of the molecule is C[C@@]12C=CC([O-])=C[C@@H]1[C@H](S(=O)(=O)c1ccccc1)CCC/C=C\2. The molecule has 3 atom stereocenters. The van der Waals surface area contributed by atoms with Gasteiger partial charge in [0.05, 0.1) is 10.1 Å². The Morgan fingerprint density at radius 3 is 2.65 bits per heavy atom. The Bertz CT molecular complexity index is 759. The molecule has 0 fully saturated rings. The van der Waals surface area contributed by atoms with E-state index in [4.69, 9.17) is 0 Å². The Labute approximate surface area is 138 Å². The van der Waals surface area contributed by atoms with Crippen molar-refractivity contribution in [3.05, 3.63) is 66.5 Å². The molecule has 1 aromatic carbocycles. The van der Waals surface area contributed by atoms with Crippen LogP contribution < -0.4 is 5.11 Å². The van der Waals surface area contributed by atoms with Gasteiger partial charge in [-0.25, -0.2) is 8.42 Å². The van der Waals surface area contributed by atoms with E-state index in [1.165, 1.54) is 0 Å². The summed E-state index contributed by atoms with van der Waals surface area (Å²) in [5, 5.41) is 11.3. The molecular weight excluding hydrogens is 308 g/mol. The summed E-state index contributed by atoms with van der Waals surface area (Å²) in [7, 11) is -3.48. The number of allylic oxidation sites excluding steroid dienone is 5. The molecule has 4 heteroatoms. The van der Waals surface area contributed by atoms with Gasteiger partial charge in [-0.1, -0.05) is 55.5 Å². The monoisotopic (exact) mass is 329 g/mol. The van der Waals surface area contributed by atoms with Crippen molar-refractivity contribution in [3.8, 4) is 0 Å². The number of rotatable bonds is 2. The van der Waals surface area contributed by atoms with Gasteiger partial charge in [-0.15, -0.1) is 5.76 Å². The molecule has 0 spiro atoms. The first-order valence-corrected chi connectivity index (χ1v) is 9.53. The first-order valence-electron chi connectivity index (χ1n) is 7.98. The van der Waals surface area contributed by atoms with Crippen LogP contribution in [0.1, 0.15) is 26.2 Å². The molecule has 0 heterocycles. The third-order valence-electron chi connectivity index (χ3n) is 4.88. The van der Waals surface area contributed by atoms with Crippen LogP contribution in [0.3, 0.4) is 0 Å². The fraction of sp³-hybridized carbons (Fsp3) is 0.368. The Kier molecular flexibility index (Phi) is 4.19. The highest BCUT2D eigenvalue weighted by Gasteiger charge is 2.42. The smallest absolute Gasteiger partial charge is 0.181 e. The molecule has 2 aliphatic carbocycles. The minimum absolute atomic E-state index is 0.102. The van der Waals surface area contributed by atoms with E-state index in [2.05, 4.69) is 12.2 Å². The van der Waals surface area contributed by atoms with Crippen molar-refractivity contribution < 1.29 is 13.5 Å². The summed E-state index contributed by atoms with van der Waals surface area (Å²) < 4.78 is 26.4. The fourth-order valence-electron chi connectivity index (χ4n) is 3.55. The molecule has 0 aliphatic heterocycles. The van der Waals surface area contributed by atoms with Crippen molar-refractivity contribution in [1.82, 2.24) is 0 Å². The average Bonchev–Trinajstić information content (AvgIpc) is 2.53. The van der Waals surface area contributed by atoms with E-state index >= 15 is 0 Å². The predicted molar refractivity (Wildman–Crippen MR) is 89.2 cm³/mol. The third kappa shape index (κ3) is 3.00. The number of hydrogen-bond acceptors (Lipinski definition) is 3. The molecule has 0 N–H and O–H groups in total. The van der Waals surface area contributed by atoms with Crippen molar-refractivity contribution in [3.63, 3.8) is 0 Å². The third-order valence-corrected chi connectivity index (χ3v) is 7.13. The highest BCUT2D eigenvalue weighted by atomic mass is 32.2. The van der Waals surface area contributed by atoms with Crippen molar-refractivity contribution in [2.45, 2.75) is 36.3 Å². The van der Waals surface area contributed by atoms with Gasteiger partial charge in [0, 0.05) is 11.3 Å². The summed E-state index contributed by atoms with van der Waals surface area (Å²) >= 11 is 0. The molecule has 0 radical (unpaired) electrons. The van der Waals surface area contributed by atoms with Crippen LogP contribution in [-0.4, -0.2) is 13.7 Å². The van der Waals surface area contributed by atoms with Gasteiger partial charge >= 0.3 is 0 Å². The largest absolute Gasteiger partial charge is 0.873 e. The lowest BCUT2D eigenvalue weighted by atomic mass is 9.70. The highest BCUT2D eigenvalue weighted by Crippen LogP contribution is 2.44. The van der Waals surface area contributed by atoms with Crippen LogP contribution >= 0.6 is 0 Å². The average molecular weight is 329 g/mol. The second kappa shape index (κ2) is 6.00. The summed E-state index contributed by atoms with van der Waals surface area (Å²) in [6, 6.07) is 8.57. The molecule has 0 aromatic heterocycles. The summed E-state index contributed by atoms with van der Waals surface area (Å²) in [6.45, 7) is 2.01. The number of fused-ring (bicyclic) bond motifs is 1. The zero-order valence-electron chi connectivity index (χ0n) is 13.2. The molecule has 0 unspecified atom stereocenters. The Morgan fingerprint density at radius 1 is 1.17 bits per heavy atom. The summed E-state index contributed by atoms with van der Waals surface area (Å²) in [6.07, 6.45) is 11.4. The molecule has 0 bridgehead atoms. The van der Waals surface area contributed by atoms with Crippen LogP contribution in [-0.2, 0) is 9.84 Å². The van der Waals surface area contributed by atoms with Gasteiger partial charge in [0.15, 0.2) is 9.84 Å². The van der Waals surface area contributed by atoms with E-state index in [9.17, 15) is 13.5 Å². The van der Waals surface area contributed by atoms with Gasteiger partial charge in [0.1, 0.15) is 0 Å². The lowest BCUT2D eigenvalue weighted by molar-refractivity contribution is -0.296. The Balaban J connectivity index is 2.10. The van der Waals surface area contributed by atoms with Crippen LogP contribution in [0.2, 0.25) is 0 Å². The molecular formula is C19H21O3S-. The predicted octanol–water partition coefficient (Wildman–Crippen LogP) is 3.01. The van der Waals surface area contributed by atoms with Gasteiger partial charge in [0.25, 0.3) is 0 Å². The molecule has 0 saturated heterocycles. The second-order valence-electron chi connectivity index (χ2n) is 6.52. The molecule has 122 valence electrons. The zero-order chi connectivity index (χ0) is 16.5. The van der Waals surface area contributed by atoms with Crippen LogP contribution in [0.5, 0.6) is 0 Å². The van der Waals surface area contributed by atoms with E-state index in [1.54, 1.807) is 36.4 Å². The van der Waals surface area contributed by atoms with Crippen molar-refractivity contribution >= 4 is 9.84 Å². The van der Waals surface area contributed by atoms with Gasteiger partial charge in [-0.2, -0.15) is 0 Å². The standard InChI is InChI=1S/C19H22O3S/c1-19-12-7-3-6-10-18(17(19)14-15(20)11-13-19)23(21,22)16-8-4-2-5-9-16/h2,4-5,7-9,11-14,17-18,20H,3,6,10H2,1H3/p-1/b12-7-/t17-,18-,19-/m1/s1. The maximum absolute atomic E-state index is 13.2. The van der Waals surface area contributed by atoms with Crippen molar-refractivity contribution in [1.29, 1.82) is 0 Å². The zero-order valence-corrected chi connectivity index (χ0v) is 14.0. The molecule has 2 aliphatic rings. The quantitative estimate of drug-likeness (QED) is 0.784. The lowest BCUT2D eigenvalue weighted by Gasteiger charge is -2.41. The lowest BCUT2D eigenvalue weighted by Crippen LogP contribution is -2.40. The second-order valence-corrected chi connectivity index (χ2v) is 8.69. The first-order chi connectivity index (χ1) is 10.9. The van der Waals surface area contributed by atoms with E-state index in [1.807, 2.05) is 19.1 Å². The Morgan fingerprint density at radius 2 is 1.91 bits per heavy atom. The molecule has 23 heavy (non-hydrogen) atoms. The minimum Gasteiger partial charge on any atom is -0.873 e. The number of benzene rings is 1. The van der Waals surface area contributed by atoms with Gasteiger partial charge < -0.3 is 5.11 Å². The van der Waals surface area contributed by atoms with Crippen molar-refractivity contribution in [2.75, 3.05) is 0 Å². The topological polar surface area (TPSA) is 57.2 Å². The summed E-state index contributed by atoms with van der Waals surface area (Å²) in [5.41, 5.74) is -0.430. The molecule has 3 nitrogen and oxygen atoms in total. The van der Waals surface area contributed by atoms with E-state index in [-0.39, 0.29) is 11.7 Å². The molecule has 0 saturated carbocycles. The van der Waals surface area contributed by atoms with Gasteiger partial charge in [-0.3, -0.25) is 0 Å². The van der Waals surface area contributed by atoms with E-state index in [0.29, 0.717) is 11.3 Å². The van der Waals surface area contributed by atoms with Gasteiger partial charge in [0.2, 0.25) is 0 Å². The normalized spacial score (nSPS) is 32.3. The first kappa shape index (κ1) is 16.1. The van der Waals surface area contributed by atoms with Crippen LogP contribution in [0.25, 0.3) is 0 Å². The number of hydrogen-bond donors (Lipinski definition) is 0. The molecule has 3 rings (SSSR count).